The van der Waals surface area contributed by atoms with Crippen LogP contribution in [0.15, 0.2) is 30.3 Å². The van der Waals surface area contributed by atoms with E-state index in [2.05, 4.69) is 10.1 Å². The molecule has 3 atom stereocenters. The Morgan fingerprint density at radius 1 is 0.789 bits per heavy atom. The number of benzene rings is 1. The van der Waals surface area contributed by atoms with Crippen LogP contribution in [0, 0.1) is 0 Å². The van der Waals surface area contributed by atoms with Crippen molar-refractivity contribution in [3.63, 3.8) is 0 Å². The number of carbonyl (C=O) groups excluding carboxylic acids is 4. The lowest BCUT2D eigenvalue weighted by atomic mass is 9.91. The van der Waals surface area contributed by atoms with Gasteiger partial charge in [-0.25, -0.2) is 14.4 Å². The molecule has 0 bridgehead atoms. The number of rotatable bonds is 9. The van der Waals surface area contributed by atoms with E-state index in [4.69, 9.17) is 14.2 Å². The molecule has 2 N–H and O–H groups in total. The number of alkyl carbamates (subject to hydrolysis) is 1. The standard InChI is InChI=1S/C25H35F3N2O8/c1-22(2,3)37-19(32)17(30-21(34)38-23(4,5)6)14-16(18(31)35-7)29-20(33)24(36-8,25(26,27)28)15-12-10-9-11-13-15/h9-13,16-17H,14H2,1-8H3,(H,29,33)(H,30,34)/t16-,17-,24+/m0/s1. The fourth-order valence-electron chi connectivity index (χ4n) is 3.31. The highest BCUT2D eigenvalue weighted by Crippen LogP contribution is 2.42. The molecule has 0 saturated carbocycles. The number of hydrogen-bond acceptors (Lipinski definition) is 8. The lowest BCUT2D eigenvalue weighted by Gasteiger charge is -2.35. The Morgan fingerprint density at radius 3 is 1.71 bits per heavy atom. The molecule has 0 unspecified atom stereocenters. The number of alkyl halides is 3. The maximum Gasteiger partial charge on any atom is 0.430 e. The van der Waals surface area contributed by atoms with Crippen LogP contribution in [-0.4, -0.2) is 67.6 Å². The van der Waals surface area contributed by atoms with Crippen LogP contribution in [0.3, 0.4) is 0 Å². The van der Waals surface area contributed by atoms with E-state index in [1.807, 2.05) is 5.32 Å². The second kappa shape index (κ2) is 12.5. The van der Waals surface area contributed by atoms with E-state index < -0.39 is 71.0 Å². The van der Waals surface area contributed by atoms with E-state index in [-0.39, 0.29) is 0 Å². The van der Waals surface area contributed by atoms with Crippen LogP contribution in [-0.2, 0) is 38.9 Å². The second-order valence-corrected chi connectivity index (χ2v) is 10.3. The van der Waals surface area contributed by atoms with Gasteiger partial charge in [-0.2, -0.15) is 13.2 Å². The first-order chi connectivity index (χ1) is 17.3. The number of methoxy groups -OCH3 is 2. The molecular weight excluding hydrogens is 513 g/mol. The highest BCUT2D eigenvalue weighted by atomic mass is 19.4. The number of esters is 2. The van der Waals surface area contributed by atoms with Gasteiger partial charge in [0.1, 0.15) is 23.3 Å². The van der Waals surface area contributed by atoms with Crippen LogP contribution < -0.4 is 10.6 Å². The molecule has 0 aliphatic rings. The van der Waals surface area contributed by atoms with E-state index >= 15 is 0 Å². The SMILES string of the molecule is COC(=O)[C@H](C[C@H](NC(=O)OC(C)(C)C)C(=O)OC(C)(C)C)NC(=O)[C@](OC)(c1ccccc1)C(F)(F)F. The Labute approximate surface area is 219 Å². The van der Waals surface area contributed by atoms with Gasteiger partial charge in [-0.1, -0.05) is 30.3 Å². The van der Waals surface area contributed by atoms with Gasteiger partial charge in [0.05, 0.1) is 7.11 Å². The van der Waals surface area contributed by atoms with Crippen molar-refractivity contribution in [2.75, 3.05) is 14.2 Å². The molecule has 0 aliphatic carbocycles. The van der Waals surface area contributed by atoms with Crippen molar-refractivity contribution in [1.29, 1.82) is 0 Å². The number of nitrogens with one attached hydrogen (secondary N) is 2. The minimum absolute atomic E-state index is 0.549. The minimum atomic E-state index is -5.26. The summed E-state index contributed by atoms with van der Waals surface area (Å²) in [7, 11) is 1.64. The summed E-state index contributed by atoms with van der Waals surface area (Å²) in [6, 6.07) is 2.64. The van der Waals surface area contributed by atoms with E-state index in [1.54, 1.807) is 41.5 Å². The lowest BCUT2D eigenvalue weighted by Crippen LogP contribution is -2.60. The zero-order valence-corrected chi connectivity index (χ0v) is 22.6. The zero-order chi connectivity index (χ0) is 29.5. The average molecular weight is 549 g/mol. The number of hydrogen-bond donors (Lipinski definition) is 2. The molecule has 0 heterocycles. The van der Waals surface area contributed by atoms with Crippen molar-refractivity contribution in [1.82, 2.24) is 10.6 Å². The summed E-state index contributed by atoms with van der Waals surface area (Å²) < 4.78 is 62.7. The molecule has 0 radical (unpaired) electrons. The molecule has 0 fully saturated rings. The Hall–Kier alpha value is -3.35. The predicted octanol–water partition coefficient (Wildman–Crippen LogP) is 3.37. The number of halogens is 3. The van der Waals surface area contributed by atoms with E-state index in [1.165, 1.54) is 18.2 Å². The van der Waals surface area contributed by atoms with Crippen LogP contribution in [0.1, 0.15) is 53.5 Å². The van der Waals surface area contributed by atoms with Gasteiger partial charge in [-0.15, -0.1) is 0 Å². The molecule has 1 aromatic rings. The predicted molar refractivity (Wildman–Crippen MR) is 129 cm³/mol. The minimum Gasteiger partial charge on any atom is -0.467 e. The number of ether oxygens (including phenoxy) is 4. The number of carbonyl (C=O) groups is 4. The van der Waals surface area contributed by atoms with Crippen molar-refractivity contribution in [2.24, 2.45) is 0 Å². The average Bonchev–Trinajstić information content (AvgIpc) is 2.75. The topological polar surface area (TPSA) is 129 Å². The molecule has 13 heteroatoms. The largest absolute Gasteiger partial charge is 0.467 e. The van der Waals surface area contributed by atoms with Gasteiger partial charge < -0.3 is 29.6 Å². The van der Waals surface area contributed by atoms with Crippen LogP contribution in [0.25, 0.3) is 0 Å². The molecule has 2 amide bonds. The van der Waals surface area contributed by atoms with Crippen molar-refractivity contribution < 1.29 is 51.3 Å². The maximum atomic E-state index is 14.3. The first-order valence-electron chi connectivity index (χ1n) is 11.6. The highest BCUT2D eigenvalue weighted by Gasteiger charge is 2.63. The van der Waals surface area contributed by atoms with Crippen molar-refractivity contribution in [2.45, 2.75) is 83.0 Å². The van der Waals surface area contributed by atoms with Gasteiger partial charge in [-0.3, -0.25) is 4.79 Å². The molecule has 0 aromatic heterocycles. The van der Waals surface area contributed by atoms with E-state index in [9.17, 15) is 32.3 Å². The van der Waals surface area contributed by atoms with Gasteiger partial charge in [0.2, 0.25) is 0 Å². The Bertz CT molecular complexity index is 987. The molecule has 10 nitrogen and oxygen atoms in total. The summed E-state index contributed by atoms with van der Waals surface area (Å²) >= 11 is 0. The first-order valence-corrected chi connectivity index (χ1v) is 11.6. The monoisotopic (exact) mass is 548 g/mol. The van der Waals surface area contributed by atoms with Gasteiger partial charge >= 0.3 is 24.2 Å². The summed E-state index contributed by atoms with van der Waals surface area (Å²) in [4.78, 5) is 51.0. The molecule has 1 aromatic carbocycles. The van der Waals surface area contributed by atoms with Gasteiger partial charge in [-0.05, 0) is 41.5 Å². The van der Waals surface area contributed by atoms with Crippen molar-refractivity contribution >= 4 is 23.9 Å². The lowest BCUT2D eigenvalue weighted by molar-refractivity contribution is -0.266. The summed E-state index contributed by atoms with van der Waals surface area (Å²) in [5, 5.41) is 4.22. The summed E-state index contributed by atoms with van der Waals surface area (Å²) in [6.45, 7) is 9.34. The smallest absolute Gasteiger partial charge is 0.430 e. The highest BCUT2D eigenvalue weighted by molar-refractivity contribution is 5.92. The fourth-order valence-corrected chi connectivity index (χ4v) is 3.31. The number of amides is 2. The Morgan fingerprint density at radius 2 is 1.29 bits per heavy atom. The zero-order valence-electron chi connectivity index (χ0n) is 22.6. The van der Waals surface area contributed by atoms with Crippen LogP contribution >= 0.6 is 0 Å². The molecule has 0 saturated heterocycles. The molecule has 214 valence electrons. The van der Waals surface area contributed by atoms with Gasteiger partial charge in [0.25, 0.3) is 11.5 Å². The molecular formula is C25H35F3N2O8. The maximum absolute atomic E-state index is 14.3. The van der Waals surface area contributed by atoms with E-state index in [0.29, 0.717) is 7.11 Å². The molecule has 0 spiro atoms. The first kappa shape index (κ1) is 32.7. The quantitative estimate of drug-likeness (QED) is 0.355. The molecule has 0 aliphatic heterocycles. The summed E-state index contributed by atoms with van der Waals surface area (Å²) in [5.74, 6) is -3.95. The van der Waals surface area contributed by atoms with Crippen molar-refractivity contribution in [3.05, 3.63) is 35.9 Å². The third-order valence-electron chi connectivity index (χ3n) is 4.85. The fraction of sp³-hybridized carbons (Fsp3) is 0.600. The third kappa shape index (κ3) is 8.89. The summed E-state index contributed by atoms with van der Waals surface area (Å²) in [6.07, 6.45) is -7.04. The Kier molecular flexibility index (Phi) is 10.7. The van der Waals surface area contributed by atoms with Gasteiger partial charge in [0, 0.05) is 19.1 Å². The third-order valence-corrected chi connectivity index (χ3v) is 4.85. The normalized spacial score (nSPS) is 15.3. The molecule has 1 rings (SSSR count). The Balaban J connectivity index is 3.44. The van der Waals surface area contributed by atoms with Crippen LogP contribution in [0.5, 0.6) is 0 Å². The molecule has 38 heavy (non-hydrogen) atoms. The van der Waals surface area contributed by atoms with Gasteiger partial charge in [0.15, 0.2) is 0 Å². The second-order valence-electron chi connectivity index (χ2n) is 10.3. The van der Waals surface area contributed by atoms with Crippen LogP contribution in [0.4, 0.5) is 18.0 Å². The van der Waals surface area contributed by atoms with E-state index in [0.717, 1.165) is 19.2 Å². The van der Waals surface area contributed by atoms with Crippen LogP contribution in [0.2, 0.25) is 0 Å². The van der Waals surface area contributed by atoms with Crippen molar-refractivity contribution in [3.8, 4) is 0 Å². The summed E-state index contributed by atoms with van der Waals surface area (Å²) in [5.41, 5.74) is -6.03.